The molecule has 1 N–H and O–H groups in total. The van der Waals surface area contributed by atoms with Crippen LogP contribution in [0.25, 0.3) is 0 Å². The van der Waals surface area contributed by atoms with Crippen molar-refractivity contribution in [3.8, 4) is 0 Å². The molecule has 1 aliphatic carbocycles. The largest absolute Gasteiger partial charge is 0.309 e. The summed E-state index contributed by atoms with van der Waals surface area (Å²) in [7, 11) is 0. The summed E-state index contributed by atoms with van der Waals surface area (Å²) in [5.41, 5.74) is 4.45. The lowest BCUT2D eigenvalue weighted by Crippen LogP contribution is -2.16. The van der Waals surface area contributed by atoms with Crippen LogP contribution in [0.1, 0.15) is 53.8 Å². The maximum absolute atomic E-state index is 3.67. The first-order valence-corrected chi connectivity index (χ1v) is 7.80. The number of rotatable bonds is 3. The fraction of sp³-hybridized carbons (Fsp3) is 0.368. The van der Waals surface area contributed by atoms with Crippen LogP contribution >= 0.6 is 0 Å². The van der Waals surface area contributed by atoms with E-state index in [2.05, 4.69) is 59.9 Å². The summed E-state index contributed by atoms with van der Waals surface area (Å²) in [5, 5.41) is 3.67. The fourth-order valence-corrected chi connectivity index (χ4v) is 3.50. The molecule has 2 aromatic carbocycles. The Bertz CT molecular complexity index is 568. The molecular weight excluding hydrogens is 242 g/mol. The van der Waals surface area contributed by atoms with Gasteiger partial charge in [0.15, 0.2) is 0 Å². The zero-order valence-electron chi connectivity index (χ0n) is 11.8. The first-order chi connectivity index (χ1) is 9.92. The van der Waals surface area contributed by atoms with Gasteiger partial charge in [-0.1, -0.05) is 54.6 Å². The zero-order chi connectivity index (χ0) is 13.4. The van der Waals surface area contributed by atoms with Gasteiger partial charge in [0.2, 0.25) is 0 Å². The van der Waals surface area contributed by atoms with E-state index in [1.807, 2.05) is 0 Å². The highest BCUT2D eigenvalue weighted by Gasteiger charge is 2.30. The molecule has 1 heteroatoms. The summed E-state index contributed by atoms with van der Waals surface area (Å²) in [4.78, 5) is 0. The third-order valence-corrected chi connectivity index (χ3v) is 4.79. The Morgan fingerprint density at radius 1 is 0.700 bits per heavy atom. The molecule has 20 heavy (non-hydrogen) atoms. The van der Waals surface area contributed by atoms with E-state index in [0.29, 0.717) is 12.0 Å². The van der Waals surface area contributed by atoms with Crippen LogP contribution < -0.4 is 5.32 Å². The molecule has 2 unspecified atom stereocenters. The Labute approximate surface area is 121 Å². The van der Waals surface area contributed by atoms with Crippen molar-refractivity contribution in [2.75, 3.05) is 6.54 Å². The van der Waals surface area contributed by atoms with Gasteiger partial charge < -0.3 is 5.32 Å². The van der Waals surface area contributed by atoms with Gasteiger partial charge in [0.25, 0.3) is 0 Å². The minimum absolute atomic E-state index is 0.475. The zero-order valence-corrected chi connectivity index (χ0v) is 11.8. The second kappa shape index (κ2) is 5.06. The van der Waals surface area contributed by atoms with E-state index >= 15 is 0 Å². The van der Waals surface area contributed by atoms with E-state index in [4.69, 9.17) is 0 Å². The first kappa shape index (κ1) is 12.2. The second-order valence-electron chi connectivity index (χ2n) is 6.18. The molecule has 4 rings (SSSR count). The van der Waals surface area contributed by atoms with E-state index in [9.17, 15) is 0 Å². The van der Waals surface area contributed by atoms with Crippen LogP contribution in [0.2, 0.25) is 0 Å². The van der Waals surface area contributed by atoms with E-state index < -0.39 is 0 Å². The molecule has 2 aromatic rings. The lowest BCUT2D eigenvalue weighted by atomic mass is 9.87. The van der Waals surface area contributed by atoms with Crippen molar-refractivity contribution in [1.29, 1.82) is 0 Å². The van der Waals surface area contributed by atoms with Crippen LogP contribution in [0.3, 0.4) is 0 Å². The van der Waals surface area contributed by atoms with Crippen molar-refractivity contribution < 1.29 is 0 Å². The normalized spacial score (nSPS) is 25.8. The SMILES string of the molecule is c1ccc(C2NCCC2c2ccc(C3CC3)cc2)cc1. The minimum Gasteiger partial charge on any atom is -0.309 e. The molecule has 1 saturated heterocycles. The number of nitrogens with one attached hydrogen (secondary N) is 1. The number of benzene rings is 2. The van der Waals surface area contributed by atoms with Gasteiger partial charge in [-0.15, -0.1) is 0 Å². The van der Waals surface area contributed by atoms with Gasteiger partial charge in [0, 0.05) is 12.0 Å². The second-order valence-corrected chi connectivity index (χ2v) is 6.18. The monoisotopic (exact) mass is 263 g/mol. The van der Waals surface area contributed by atoms with Crippen LogP contribution in [0.4, 0.5) is 0 Å². The van der Waals surface area contributed by atoms with Crippen LogP contribution in [-0.4, -0.2) is 6.54 Å². The van der Waals surface area contributed by atoms with Crippen molar-refractivity contribution in [1.82, 2.24) is 5.32 Å². The lowest BCUT2D eigenvalue weighted by Gasteiger charge is -2.20. The highest BCUT2D eigenvalue weighted by Crippen LogP contribution is 2.42. The highest BCUT2D eigenvalue weighted by atomic mass is 15.0. The quantitative estimate of drug-likeness (QED) is 0.866. The van der Waals surface area contributed by atoms with Gasteiger partial charge in [-0.25, -0.2) is 0 Å². The number of hydrogen-bond acceptors (Lipinski definition) is 1. The molecule has 102 valence electrons. The van der Waals surface area contributed by atoms with Crippen molar-refractivity contribution in [3.63, 3.8) is 0 Å². The molecule has 2 fully saturated rings. The van der Waals surface area contributed by atoms with Gasteiger partial charge in [-0.2, -0.15) is 0 Å². The Morgan fingerprint density at radius 3 is 2.10 bits per heavy atom. The summed E-state index contributed by atoms with van der Waals surface area (Å²) in [6, 6.07) is 20.8. The molecule has 2 atom stereocenters. The Balaban J connectivity index is 1.59. The third-order valence-electron chi connectivity index (χ3n) is 4.79. The van der Waals surface area contributed by atoms with Crippen LogP contribution in [0.5, 0.6) is 0 Å². The molecule has 0 spiro atoms. The van der Waals surface area contributed by atoms with Gasteiger partial charge in [-0.3, -0.25) is 0 Å². The smallest absolute Gasteiger partial charge is 0.0390 e. The average Bonchev–Trinajstić information content (AvgIpc) is 3.25. The minimum atomic E-state index is 0.475. The van der Waals surface area contributed by atoms with Crippen LogP contribution in [-0.2, 0) is 0 Å². The van der Waals surface area contributed by atoms with E-state index in [1.165, 1.54) is 36.0 Å². The summed E-state index contributed by atoms with van der Waals surface area (Å²) < 4.78 is 0. The third kappa shape index (κ3) is 2.27. The summed E-state index contributed by atoms with van der Waals surface area (Å²) in [5.74, 6) is 1.47. The molecule has 1 nitrogen and oxygen atoms in total. The molecule has 2 aliphatic rings. The first-order valence-electron chi connectivity index (χ1n) is 7.80. The highest BCUT2D eigenvalue weighted by molar-refractivity contribution is 5.33. The van der Waals surface area contributed by atoms with Crippen molar-refractivity contribution in [3.05, 3.63) is 71.3 Å². The molecule has 0 aromatic heterocycles. The van der Waals surface area contributed by atoms with E-state index in [0.717, 1.165) is 12.5 Å². The van der Waals surface area contributed by atoms with Crippen molar-refractivity contribution in [2.45, 2.75) is 37.1 Å². The molecule has 0 amide bonds. The summed E-state index contributed by atoms with van der Waals surface area (Å²) >= 11 is 0. The van der Waals surface area contributed by atoms with E-state index in [-0.39, 0.29) is 0 Å². The van der Waals surface area contributed by atoms with E-state index in [1.54, 1.807) is 0 Å². The van der Waals surface area contributed by atoms with Gasteiger partial charge >= 0.3 is 0 Å². The van der Waals surface area contributed by atoms with Gasteiger partial charge in [0.05, 0.1) is 0 Å². The van der Waals surface area contributed by atoms with Crippen molar-refractivity contribution in [2.24, 2.45) is 0 Å². The molecule has 0 radical (unpaired) electrons. The molecule has 1 aliphatic heterocycles. The Kier molecular flexibility index (Phi) is 3.08. The standard InChI is InChI=1S/C19H21N/c1-2-4-17(5-3-1)19-18(12-13-20-19)16-10-8-15(9-11-16)14-6-7-14/h1-5,8-11,14,18-20H,6-7,12-13H2. The van der Waals surface area contributed by atoms with Gasteiger partial charge in [-0.05, 0) is 48.4 Å². The maximum Gasteiger partial charge on any atom is 0.0390 e. The molecule has 1 saturated carbocycles. The van der Waals surface area contributed by atoms with Crippen molar-refractivity contribution >= 4 is 0 Å². The average molecular weight is 263 g/mol. The Morgan fingerprint density at radius 2 is 1.40 bits per heavy atom. The summed E-state index contributed by atoms with van der Waals surface area (Å²) in [6.07, 6.45) is 4.01. The predicted octanol–water partition coefficient (Wildman–Crippen LogP) is 4.38. The summed E-state index contributed by atoms with van der Waals surface area (Å²) in [6.45, 7) is 1.12. The maximum atomic E-state index is 3.67. The topological polar surface area (TPSA) is 12.0 Å². The molecular formula is C19H21N. The lowest BCUT2D eigenvalue weighted by molar-refractivity contribution is 0.578. The predicted molar refractivity (Wildman–Crippen MR) is 83.0 cm³/mol. The Hall–Kier alpha value is -1.60. The van der Waals surface area contributed by atoms with Gasteiger partial charge in [0.1, 0.15) is 0 Å². The molecule has 0 bridgehead atoms. The number of hydrogen-bond donors (Lipinski definition) is 1. The molecule has 1 heterocycles. The van der Waals surface area contributed by atoms with Crippen LogP contribution in [0.15, 0.2) is 54.6 Å². The fourth-order valence-electron chi connectivity index (χ4n) is 3.50. The van der Waals surface area contributed by atoms with Crippen LogP contribution in [0, 0.1) is 0 Å².